The molecule has 2 aromatic rings. The van der Waals surface area contributed by atoms with E-state index in [0.717, 1.165) is 6.21 Å². The average Bonchev–Trinajstić information content (AvgIpc) is 2.44. The van der Waals surface area contributed by atoms with Crippen molar-refractivity contribution in [1.82, 2.24) is 0 Å². The summed E-state index contributed by atoms with van der Waals surface area (Å²) >= 11 is 0. The van der Waals surface area contributed by atoms with Gasteiger partial charge in [-0.3, -0.25) is 9.59 Å². The van der Waals surface area contributed by atoms with Crippen LogP contribution < -0.4 is 5.73 Å². The van der Waals surface area contributed by atoms with Crippen LogP contribution >= 0.6 is 0 Å². The Kier molecular flexibility index (Phi) is 3.39. The van der Waals surface area contributed by atoms with Crippen molar-refractivity contribution < 1.29 is 14.7 Å². The molecule has 96 valence electrons. The predicted molar refractivity (Wildman–Crippen MR) is 71.7 cm³/mol. The summed E-state index contributed by atoms with van der Waals surface area (Å²) in [7, 11) is 0. The Morgan fingerprint density at radius 2 is 1.89 bits per heavy atom. The molecule has 2 aromatic carbocycles. The number of aliphatic hydroxyl groups excluding tert-OH is 1. The fraction of sp³-hybridized carbons (Fsp3) is 0.0714. The standard InChI is InChI=1S/C14H12N2O3/c15-5-8-1-2-9(6-17)12-10(7-18)3-4-11(13(8)12)14(16)19/h1-5,7,15,17H,6H2,(H2,16,19). The Hall–Kier alpha value is -2.53. The molecule has 0 aromatic heterocycles. The van der Waals surface area contributed by atoms with Crippen LogP contribution in [0.5, 0.6) is 0 Å². The molecule has 5 nitrogen and oxygen atoms in total. The number of primary amides is 1. The van der Waals surface area contributed by atoms with Crippen molar-refractivity contribution in [2.45, 2.75) is 6.61 Å². The first kappa shape index (κ1) is 12.9. The Balaban J connectivity index is 3.07. The number of hydrogen-bond acceptors (Lipinski definition) is 4. The first-order chi connectivity index (χ1) is 9.13. The molecule has 5 heteroatoms. The smallest absolute Gasteiger partial charge is 0.249 e. The number of aldehydes is 1. The Morgan fingerprint density at radius 1 is 1.21 bits per heavy atom. The molecular formula is C14H12N2O3. The lowest BCUT2D eigenvalue weighted by atomic mass is 9.92. The maximum atomic E-state index is 11.5. The van der Waals surface area contributed by atoms with Gasteiger partial charge >= 0.3 is 0 Å². The number of aliphatic hydroxyl groups is 1. The molecule has 0 spiro atoms. The van der Waals surface area contributed by atoms with Crippen molar-refractivity contribution in [1.29, 1.82) is 5.41 Å². The molecule has 0 radical (unpaired) electrons. The maximum Gasteiger partial charge on any atom is 0.249 e. The summed E-state index contributed by atoms with van der Waals surface area (Å²) in [5, 5.41) is 17.6. The van der Waals surface area contributed by atoms with Gasteiger partial charge in [-0.25, -0.2) is 0 Å². The van der Waals surface area contributed by atoms with Crippen LogP contribution in [0.4, 0.5) is 0 Å². The van der Waals surface area contributed by atoms with E-state index >= 15 is 0 Å². The molecule has 1 amide bonds. The van der Waals surface area contributed by atoms with Crippen LogP contribution in [-0.4, -0.2) is 23.5 Å². The summed E-state index contributed by atoms with van der Waals surface area (Å²) in [4.78, 5) is 22.6. The summed E-state index contributed by atoms with van der Waals surface area (Å²) in [6.45, 7) is -0.266. The molecule has 4 N–H and O–H groups in total. The minimum absolute atomic E-state index is 0.231. The van der Waals surface area contributed by atoms with Crippen molar-refractivity contribution in [3.8, 4) is 0 Å². The number of hydrogen-bond donors (Lipinski definition) is 3. The predicted octanol–water partition coefficient (Wildman–Crippen LogP) is 1.24. The van der Waals surface area contributed by atoms with Crippen LogP contribution in [0.15, 0.2) is 24.3 Å². The number of nitrogens with one attached hydrogen (secondary N) is 1. The number of rotatable bonds is 4. The monoisotopic (exact) mass is 256 g/mol. The average molecular weight is 256 g/mol. The van der Waals surface area contributed by atoms with E-state index in [1.807, 2.05) is 0 Å². The van der Waals surface area contributed by atoms with Crippen molar-refractivity contribution in [2.24, 2.45) is 5.73 Å². The normalized spacial score (nSPS) is 10.4. The lowest BCUT2D eigenvalue weighted by molar-refractivity contribution is 0.100. The zero-order chi connectivity index (χ0) is 14.0. The molecule has 0 aliphatic heterocycles. The number of amides is 1. The number of carbonyl (C=O) groups is 2. The van der Waals surface area contributed by atoms with Gasteiger partial charge in [0.15, 0.2) is 6.29 Å². The molecule has 2 rings (SSSR count). The topological polar surface area (TPSA) is 104 Å². The van der Waals surface area contributed by atoms with Crippen molar-refractivity contribution in [3.05, 3.63) is 46.5 Å². The molecule has 19 heavy (non-hydrogen) atoms. The van der Waals surface area contributed by atoms with Gasteiger partial charge in [-0.05, 0) is 17.0 Å². The second-order valence-electron chi connectivity index (χ2n) is 4.05. The number of carbonyl (C=O) groups excluding carboxylic acids is 2. The van der Waals surface area contributed by atoms with E-state index in [1.165, 1.54) is 12.1 Å². The summed E-state index contributed by atoms with van der Waals surface area (Å²) in [6.07, 6.45) is 1.74. The summed E-state index contributed by atoms with van der Waals surface area (Å²) in [6, 6.07) is 6.19. The Bertz CT molecular complexity index is 693. The molecular weight excluding hydrogens is 244 g/mol. The molecule has 0 saturated heterocycles. The highest BCUT2D eigenvalue weighted by Crippen LogP contribution is 2.28. The van der Waals surface area contributed by atoms with Crippen molar-refractivity contribution >= 4 is 29.2 Å². The molecule has 0 aliphatic rings. The van der Waals surface area contributed by atoms with E-state index in [1.54, 1.807) is 12.1 Å². The van der Waals surface area contributed by atoms with E-state index in [2.05, 4.69) is 0 Å². The van der Waals surface area contributed by atoms with E-state index in [9.17, 15) is 14.7 Å². The third-order valence-corrected chi connectivity index (χ3v) is 3.03. The van der Waals surface area contributed by atoms with Crippen LogP contribution in [-0.2, 0) is 6.61 Å². The van der Waals surface area contributed by atoms with E-state index < -0.39 is 5.91 Å². The second kappa shape index (κ2) is 4.99. The van der Waals surface area contributed by atoms with Gasteiger partial charge in [0.25, 0.3) is 0 Å². The van der Waals surface area contributed by atoms with Gasteiger partial charge in [-0.1, -0.05) is 18.2 Å². The molecule has 0 bridgehead atoms. The quantitative estimate of drug-likeness (QED) is 0.566. The minimum Gasteiger partial charge on any atom is -0.392 e. The fourth-order valence-corrected chi connectivity index (χ4v) is 2.18. The lowest BCUT2D eigenvalue weighted by Gasteiger charge is -2.12. The Morgan fingerprint density at radius 3 is 2.42 bits per heavy atom. The van der Waals surface area contributed by atoms with Gasteiger partial charge in [0.2, 0.25) is 5.91 Å². The maximum absolute atomic E-state index is 11.5. The van der Waals surface area contributed by atoms with Crippen molar-refractivity contribution in [3.63, 3.8) is 0 Å². The van der Waals surface area contributed by atoms with Crippen LogP contribution in [0.2, 0.25) is 0 Å². The molecule has 0 saturated carbocycles. The van der Waals surface area contributed by atoms with Gasteiger partial charge in [0, 0.05) is 28.3 Å². The van der Waals surface area contributed by atoms with Crippen LogP contribution in [0.25, 0.3) is 10.8 Å². The fourth-order valence-electron chi connectivity index (χ4n) is 2.18. The molecule has 0 atom stereocenters. The number of benzene rings is 2. The molecule has 0 heterocycles. The molecule has 0 aliphatic carbocycles. The SMILES string of the molecule is N=Cc1ccc(CO)c2c(C=O)ccc(C(N)=O)c12. The van der Waals surface area contributed by atoms with Crippen LogP contribution in [0, 0.1) is 5.41 Å². The summed E-state index contributed by atoms with van der Waals surface area (Å²) in [5.41, 5.74) is 6.90. The first-order valence-electron chi connectivity index (χ1n) is 5.59. The van der Waals surface area contributed by atoms with E-state index in [4.69, 9.17) is 11.1 Å². The van der Waals surface area contributed by atoms with Gasteiger partial charge in [0.05, 0.1) is 6.61 Å². The highest BCUT2D eigenvalue weighted by molar-refractivity contribution is 6.16. The second-order valence-corrected chi connectivity index (χ2v) is 4.05. The first-order valence-corrected chi connectivity index (χ1v) is 5.59. The largest absolute Gasteiger partial charge is 0.392 e. The summed E-state index contributed by atoms with van der Waals surface area (Å²) < 4.78 is 0. The number of fused-ring (bicyclic) bond motifs is 1. The third-order valence-electron chi connectivity index (χ3n) is 3.03. The van der Waals surface area contributed by atoms with Gasteiger partial charge < -0.3 is 16.2 Å². The lowest BCUT2D eigenvalue weighted by Crippen LogP contribution is -2.13. The zero-order valence-corrected chi connectivity index (χ0v) is 10.0. The highest BCUT2D eigenvalue weighted by atomic mass is 16.3. The van der Waals surface area contributed by atoms with Crippen LogP contribution in [0.3, 0.4) is 0 Å². The van der Waals surface area contributed by atoms with Gasteiger partial charge in [-0.15, -0.1) is 0 Å². The van der Waals surface area contributed by atoms with Gasteiger partial charge in [0.1, 0.15) is 0 Å². The zero-order valence-electron chi connectivity index (χ0n) is 10.0. The molecule has 0 unspecified atom stereocenters. The highest BCUT2D eigenvalue weighted by Gasteiger charge is 2.15. The van der Waals surface area contributed by atoms with E-state index in [-0.39, 0.29) is 12.2 Å². The van der Waals surface area contributed by atoms with Gasteiger partial charge in [-0.2, -0.15) is 0 Å². The minimum atomic E-state index is -0.638. The molecule has 0 fully saturated rings. The van der Waals surface area contributed by atoms with Crippen molar-refractivity contribution in [2.75, 3.05) is 0 Å². The number of nitrogens with two attached hydrogens (primary N) is 1. The third kappa shape index (κ3) is 2.00. The summed E-state index contributed by atoms with van der Waals surface area (Å²) in [5.74, 6) is -0.638. The van der Waals surface area contributed by atoms with E-state index in [0.29, 0.717) is 33.7 Å². The van der Waals surface area contributed by atoms with Crippen LogP contribution in [0.1, 0.15) is 31.8 Å². The Labute approximate surface area is 109 Å².